The molecule has 0 unspecified atom stereocenters. The summed E-state index contributed by atoms with van der Waals surface area (Å²) in [5.74, 6) is 1.60. The Morgan fingerprint density at radius 1 is 1.17 bits per heavy atom. The fourth-order valence-corrected chi connectivity index (χ4v) is 3.42. The van der Waals surface area contributed by atoms with E-state index in [1.54, 1.807) is 12.1 Å². The van der Waals surface area contributed by atoms with Crippen LogP contribution in [0.3, 0.4) is 0 Å². The lowest BCUT2D eigenvalue weighted by Crippen LogP contribution is -2.43. The van der Waals surface area contributed by atoms with E-state index in [4.69, 9.17) is 9.15 Å². The average molecular weight is 399 g/mol. The van der Waals surface area contributed by atoms with E-state index in [-0.39, 0.29) is 6.09 Å². The first-order valence-corrected chi connectivity index (χ1v) is 10.2. The molecule has 1 saturated heterocycles. The molecular weight excluding hydrogens is 368 g/mol. The highest BCUT2D eigenvalue weighted by Gasteiger charge is 2.26. The first kappa shape index (κ1) is 21.1. The van der Waals surface area contributed by atoms with Crippen LogP contribution >= 0.6 is 0 Å². The standard InChI is InChI=1S/C23H30N2O4/c1-23(2,3)29-22(27)25-12-10-18(11-13-25)15-24-14-17-4-6-19(7-5-17)21-9-8-20(16-26)28-21/h4-9,16,18,24H,10-15H2,1-3H3. The van der Waals surface area contributed by atoms with Gasteiger partial charge in [-0.15, -0.1) is 0 Å². The van der Waals surface area contributed by atoms with Crippen LogP contribution in [0.15, 0.2) is 40.8 Å². The van der Waals surface area contributed by atoms with E-state index in [1.807, 2.05) is 37.8 Å². The zero-order valence-electron chi connectivity index (χ0n) is 17.4. The van der Waals surface area contributed by atoms with Crippen molar-refractivity contribution in [2.45, 2.75) is 45.8 Å². The van der Waals surface area contributed by atoms with Gasteiger partial charge in [0.1, 0.15) is 11.4 Å². The topological polar surface area (TPSA) is 71.8 Å². The van der Waals surface area contributed by atoms with Gasteiger partial charge in [-0.1, -0.05) is 24.3 Å². The molecule has 0 radical (unpaired) electrons. The Balaban J connectivity index is 1.39. The summed E-state index contributed by atoms with van der Waals surface area (Å²) in [4.78, 5) is 24.7. The van der Waals surface area contributed by atoms with Gasteiger partial charge < -0.3 is 19.4 Å². The summed E-state index contributed by atoms with van der Waals surface area (Å²) in [6.45, 7) is 8.92. The molecule has 1 aromatic carbocycles. The lowest BCUT2D eigenvalue weighted by Gasteiger charge is -2.33. The van der Waals surface area contributed by atoms with Crippen molar-refractivity contribution in [3.05, 3.63) is 47.7 Å². The molecule has 1 aliphatic heterocycles. The minimum Gasteiger partial charge on any atom is -0.453 e. The van der Waals surface area contributed by atoms with Gasteiger partial charge in [-0.2, -0.15) is 0 Å². The van der Waals surface area contributed by atoms with Gasteiger partial charge in [0.05, 0.1) is 0 Å². The van der Waals surface area contributed by atoms with Crippen molar-refractivity contribution in [2.24, 2.45) is 5.92 Å². The number of aldehydes is 1. The van der Waals surface area contributed by atoms with E-state index >= 15 is 0 Å². The van der Waals surface area contributed by atoms with Crippen LogP contribution in [-0.4, -0.2) is 42.5 Å². The normalized spacial score (nSPS) is 15.3. The van der Waals surface area contributed by atoms with E-state index in [1.165, 1.54) is 5.56 Å². The monoisotopic (exact) mass is 398 g/mol. The second kappa shape index (κ2) is 9.27. The van der Waals surface area contributed by atoms with Crippen LogP contribution in [0.1, 0.15) is 49.7 Å². The van der Waals surface area contributed by atoms with Crippen molar-refractivity contribution in [2.75, 3.05) is 19.6 Å². The molecule has 0 bridgehead atoms. The Kier molecular flexibility index (Phi) is 6.75. The number of ether oxygens (including phenoxy) is 1. The molecule has 2 heterocycles. The summed E-state index contributed by atoms with van der Waals surface area (Å²) < 4.78 is 10.9. The van der Waals surface area contributed by atoms with Crippen molar-refractivity contribution in [1.82, 2.24) is 10.2 Å². The Bertz CT molecular complexity index is 812. The summed E-state index contributed by atoms with van der Waals surface area (Å²) >= 11 is 0. The predicted octanol–water partition coefficient (Wildman–Crippen LogP) is 4.50. The maximum atomic E-state index is 12.1. The number of rotatable bonds is 6. The summed E-state index contributed by atoms with van der Waals surface area (Å²) in [6, 6.07) is 11.6. The van der Waals surface area contributed by atoms with Crippen molar-refractivity contribution in [3.8, 4) is 11.3 Å². The SMILES string of the molecule is CC(C)(C)OC(=O)N1CCC(CNCc2ccc(-c3ccc(C=O)o3)cc2)CC1. The van der Waals surface area contributed by atoms with E-state index < -0.39 is 5.60 Å². The minimum atomic E-state index is -0.446. The van der Waals surface area contributed by atoms with Crippen molar-refractivity contribution in [3.63, 3.8) is 0 Å². The average Bonchev–Trinajstić information content (AvgIpc) is 3.17. The largest absolute Gasteiger partial charge is 0.453 e. The van der Waals surface area contributed by atoms with E-state index in [9.17, 15) is 9.59 Å². The molecule has 3 rings (SSSR count). The number of benzene rings is 1. The summed E-state index contributed by atoms with van der Waals surface area (Å²) in [5, 5.41) is 3.52. The van der Waals surface area contributed by atoms with Gasteiger partial charge in [-0.05, 0) is 63.8 Å². The first-order valence-electron chi connectivity index (χ1n) is 10.2. The number of hydrogen-bond donors (Lipinski definition) is 1. The molecule has 0 aliphatic carbocycles. The number of nitrogens with zero attached hydrogens (tertiary/aromatic N) is 1. The second-order valence-corrected chi connectivity index (χ2v) is 8.56. The zero-order chi connectivity index (χ0) is 20.9. The van der Waals surface area contributed by atoms with E-state index in [2.05, 4.69) is 17.4 Å². The molecule has 6 nitrogen and oxygen atoms in total. The van der Waals surface area contributed by atoms with Crippen molar-refractivity contribution >= 4 is 12.4 Å². The molecule has 0 saturated carbocycles. The highest BCUT2D eigenvalue weighted by Crippen LogP contribution is 2.22. The number of carbonyl (C=O) groups is 2. The van der Waals surface area contributed by atoms with Crippen LogP contribution in [0.4, 0.5) is 4.79 Å². The maximum absolute atomic E-state index is 12.1. The Labute approximate surface area is 172 Å². The molecule has 29 heavy (non-hydrogen) atoms. The van der Waals surface area contributed by atoms with Gasteiger partial charge in [0, 0.05) is 25.2 Å². The van der Waals surface area contributed by atoms with E-state index in [0.717, 1.165) is 44.6 Å². The molecular formula is C23H30N2O4. The first-order chi connectivity index (χ1) is 13.8. The third kappa shape index (κ3) is 6.19. The molecule has 1 amide bonds. The number of nitrogens with one attached hydrogen (secondary N) is 1. The third-order valence-electron chi connectivity index (χ3n) is 5.01. The zero-order valence-corrected chi connectivity index (χ0v) is 17.4. The Morgan fingerprint density at radius 3 is 2.45 bits per heavy atom. The molecule has 0 spiro atoms. The maximum Gasteiger partial charge on any atom is 0.410 e. The van der Waals surface area contributed by atoms with E-state index in [0.29, 0.717) is 23.7 Å². The van der Waals surface area contributed by atoms with Crippen LogP contribution in [0, 0.1) is 5.92 Å². The quantitative estimate of drug-likeness (QED) is 0.726. The van der Waals surface area contributed by atoms with Gasteiger partial charge in [0.2, 0.25) is 0 Å². The van der Waals surface area contributed by atoms with Crippen LogP contribution in [0.25, 0.3) is 11.3 Å². The Morgan fingerprint density at radius 2 is 1.86 bits per heavy atom. The second-order valence-electron chi connectivity index (χ2n) is 8.56. The molecule has 1 aromatic heterocycles. The summed E-state index contributed by atoms with van der Waals surface area (Å²) in [7, 11) is 0. The number of hydrogen-bond acceptors (Lipinski definition) is 5. The highest BCUT2D eigenvalue weighted by atomic mass is 16.6. The third-order valence-corrected chi connectivity index (χ3v) is 5.01. The number of piperidine rings is 1. The van der Waals surface area contributed by atoms with Crippen LogP contribution in [0.5, 0.6) is 0 Å². The van der Waals surface area contributed by atoms with Crippen LogP contribution in [-0.2, 0) is 11.3 Å². The van der Waals surface area contributed by atoms with Gasteiger partial charge in [0.15, 0.2) is 12.0 Å². The molecule has 1 fully saturated rings. The van der Waals surface area contributed by atoms with Gasteiger partial charge in [-0.3, -0.25) is 4.79 Å². The smallest absolute Gasteiger partial charge is 0.410 e. The summed E-state index contributed by atoms with van der Waals surface area (Å²) in [6.07, 6.45) is 2.48. The number of carbonyl (C=O) groups excluding carboxylic acids is 2. The van der Waals surface area contributed by atoms with Crippen LogP contribution in [0.2, 0.25) is 0 Å². The van der Waals surface area contributed by atoms with Gasteiger partial charge in [0.25, 0.3) is 0 Å². The fourth-order valence-electron chi connectivity index (χ4n) is 3.42. The van der Waals surface area contributed by atoms with Crippen LogP contribution < -0.4 is 5.32 Å². The fraction of sp³-hybridized carbons (Fsp3) is 0.478. The van der Waals surface area contributed by atoms with Crippen molar-refractivity contribution < 1.29 is 18.7 Å². The Hall–Kier alpha value is -2.60. The van der Waals surface area contributed by atoms with Gasteiger partial charge in [-0.25, -0.2) is 4.79 Å². The van der Waals surface area contributed by atoms with Gasteiger partial charge >= 0.3 is 6.09 Å². The highest BCUT2D eigenvalue weighted by molar-refractivity contribution is 5.72. The van der Waals surface area contributed by atoms with Crippen molar-refractivity contribution in [1.29, 1.82) is 0 Å². The number of likely N-dealkylation sites (tertiary alicyclic amines) is 1. The lowest BCUT2D eigenvalue weighted by molar-refractivity contribution is 0.0184. The molecule has 156 valence electrons. The lowest BCUT2D eigenvalue weighted by atomic mass is 9.97. The molecule has 1 aliphatic rings. The molecule has 6 heteroatoms. The molecule has 1 N–H and O–H groups in total. The predicted molar refractivity (Wildman–Crippen MR) is 112 cm³/mol. The molecule has 0 atom stereocenters. The number of amides is 1. The number of furan rings is 1. The molecule has 2 aromatic rings. The minimum absolute atomic E-state index is 0.208. The summed E-state index contributed by atoms with van der Waals surface area (Å²) in [5.41, 5.74) is 1.71.